The molecule has 1 aromatic heterocycles. The number of carboxylic acid groups (broad SMARTS) is 1. The number of carbonyl (C=O) groups is 2. The van der Waals surface area contributed by atoms with Gasteiger partial charge in [0.25, 0.3) is 0 Å². The molecule has 1 aliphatic carbocycles. The summed E-state index contributed by atoms with van der Waals surface area (Å²) >= 11 is 0. The molecule has 0 spiro atoms. The first-order chi connectivity index (χ1) is 10.1. The van der Waals surface area contributed by atoms with Crippen molar-refractivity contribution in [2.75, 3.05) is 13.1 Å². The van der Waals surface area contributed by atoms with Crippen molar-refractivity contribution in [2.24, 2.45) is 5.41 Å². The van der Waals surface area contributed by atoms with Crippen molar-refractivity contribution < 1.29 is 14.7 Å². The molecule has 116 valence electrons. The minimum atomic E-state index is -0.811. The van der Waals surface area contributed by atoms with Crippen molar-refractivity contribution >= 4 is 12.0 Å². The molecule has 0 unspecified atom stereocenters. The molecule has 0 saturated heterocycles. The highest BCUT2D eigenvalue weighted by Gasteiger charge is 2.44. The van der Waals surface area contributed by atoms with Crippen LogP contribution < -0.4 is 10.6 Å². The molecular formula is C14H22N4O3. The number of hydrogen-bond acceptors (Lipinski definition) is 3. The normalized spacial score (nSPS) is 16.0. The topological polar surface area (TPSA) is 96.3 Å². The Kier molecular flexibility index (Phi) is 5.19. The summed E-state index contributed by atoms with van der Waals surface area (Å²) < 4.78 is 1.99. The number of aliphatic carboxylic acids is 1. The molecule has 2 amide bonds. The first-order valence-corrected chi connectivity index (χ1v) is 7.33. The number of carboxylic acids is 1. The first-order valence-electron chi connectivity index (χ1n) is 7.33. The average molecular weight is 294 g/mol. The fraction of sp³-hybridized carbons (Fsp3) is 0.643. The molecule has 1 heterocycles. The van der Waals surface area contributed by atoms with Gasteiger partial charge in [0.1, 0.15) is 0 Å². The van der Waals surface area contributed by atoms with E-state index in [-0.39, 0.29) is 12.6 Å². The van der Waals surface area contributed by atoms with E-state index in [2.05, 4.69) is 15.6 Å². The molecule has 0 bridgehead atoms. The Balaban J connectivity index is 1.54. The number of carbonyl (C=O) groups excluding carboxylic acids is 1. The highest BCUT2D eigenvalue weighted by Crippen LogP contribution is 2.40. The second-order valence-electron chi connectivity index (χ2n) is 5.56. The van der Waals surface area contributed by atoms with Crippen LogP contribution in [-0.2, 0) is 11.3 Å². The molecule has 1 aromatic rings. The van der Waals surface area contributed by atoms with Gasteiger partial charge >= 0.3 is 12.0 Å². The number of hydrogen-bond donors (Lipinski definition) is 3. The number of aromatic nitrogens is 2. The van der Waals surface area contributed by atoms with Crippen molar-refractivity contribution in [3.05, 3.63) is 18.7 Å². The lowest BCUT2D eigenvalue weighted by atomic mass is 9.69. The highest BCUT2D eigenvalue weighted by atomic mass is 16.4. The molecule has 0 aliphatic heterocycles. The fourth-order valence-corrected chi connectivity index (χ4v) is 2.42. The van der Waals surface area contributed by atoms with Crippen LogP contribution in [0.15, 0.2) is 18.7 Å². The number of amides is 2. The van der Waals surface area contributed by atoms with Crippen LogP contribution in [0.5, 0.6) is 0 Å². The third-order valence-corrected chi connectivity index (χ3v) is 4.04. The lowest BCUT2D eigenvalue weighted by Crippen LogP contribution is -2.49. The highest BCUT2D eigenvalue weighted by molar-refractivity contribution is 5.78. The predicted octanol–water partition coefficient (Wildman–Crippen LogP) is 1.22. The van der Waals surface area contributed by atoms with Crippen molar-refractivity contribution in [1.82, 2.24) is 20.2 Å². The number of urea groups is 1. The van der Waals surface area contributed by atoms with Gasteiger partial charge in [-0.05, 0) is 25.7 Å². The third-order valence-electron chi connectivity index (χ3n) is 4.04. The molecule has 0 aromatic carbocycles. The summed E-state index contributed by atoms with van der Waals surface area (Å²) in [5, 5.41) is 14.6. The number of unbranched alkanes of at least 4 members (excludes halogenated alkanes) is 1. The second kappa shape index (κ2) is 7.10. The van der Waals surface area contributed by atoms with Gasteiger partial charge in [0.2, 0.25) is 0 Å². The molecular weight excluding hydrogens is 272 g/mol. The van der Waals surface area contributed by atoms with Gasteiger partial charge in [0.05, 0.1) is 11.7 Å². The molecule has 1 saturated carbocycles. The minimum absolute atomic E-state index is 0.212. The molecule has 2 rings (SSSR count). The maximum Gasteiger partial charge on any atom is 0.314 e. The Morgan fingerprint density at radius 3 is 2.67 bits per heavy atom. The van der Waals surface area contributed by atoms with Crippen LogP contribution >= 0.6 is 0 Å². The molecule has 7 nitrogen and oxygen atoms in total. The van der Waals surface area contributed by atoms with Crippen molar-refractivity contribution in [2.45, 2.75) is 38.6 Å². The van der Waals surface area contributed by atoms with Gasteiger partial charge in [-0.3, -0.25) is 4.79 Å². The molecule has 7 heteroatoms. The zero-order chi connectivity index (χ0) is 15.1. The van der Waals surface area contributed by atoms with Crippen molar-refractivity contribution in [1.29, 1.82) is 0 Å². The zero-order valence-electron chi connectivity index (χ0n) is 12.0. The van der Waals surface area contributed by atoms with E-state index >= 15 is 0 Å². The summed E-state index contributed by atoms with van der Waals surface area (Å²) in [6.07, 6.45) is 9.45. The van der Waals surface area contributed by atoms with Gasteiger partial charge < -0.3 is 20.3 Å². The van der Waals surface area contributed by atoms with Gasteiger partial charge in [-0.2, -0.15) is 0 Å². The summed E-state index contributed by atoms with van der Waals surface area (Å²) in [6, 6.07) is -0.287. The maximum absolute atomic E-state index is 11.6. The summed E-state index contributed by atoms with van der Waals surface area (Å²) in [5.41, 5.74) is -0.737. The van der Waals surface area contributed by atoms with E-state index in [4.69, 9.17) is 5.11 Å². The standard InChI is InChI=1S/C14H22N4O3/c19-12(20)14(4-3-5-14)10-17-13(21)16-6-1-2-8-18-9-7-15-11-18/h7,9,11H,1-6,8,10H2,(H,19,20)(H2,16,17,21). The predicted molar refractivity (Wildman–Crippen MR) is 76.8 cm³/mol. The van der Waals surface area contributed by atoms with E-state index in [1.807, 2.05) is 10.8 Å². The van der Waals surface area contributed by atoms with E-state index in [0.717, 1.165) is 25.8 Å². The van der Waals surface area contributed by atoms with Crippen LogP contribution in [0.25, 0.3) is 0 Å². The quantitative estimate of drug-likeness (QED) is 0.628. The molecule has 21 heavy (non-hydrogen) atoms. The summed E-state index contributed by atoms with van der Waals surface area (Å²) in [6.45, 7) is 1.68. The summed E-state index contributed by atoms with van der Waals surface area (Å²) in [5.74, 6) is -0.811. The van der Waals surface area contributed by atoms with Gasteiger partial charge in [-0.15, -0.1) is 0 Å². The van der Waals surface area contributed by atoms with Crippen LogP contribution in [0.2, 0.25) is 0 Å². The first kappa shape index (κ1) is 15.3. The molecule has 0 radical (unpaired) electrons. The third kappa shape index (κ3) is 4.21. The number of aryl methyl sites for hydroxylation is 1. The van der Waals surface area contributed by atoms with Crippen LogP contribution in [0, 0.1) is 5.41 Å². The van der Waals surface area contributed by atoms with Crippen molar-refractivity contribution in [3.8, 4) is 0 Å². The Morgan fingerprint density at radius 1 is 1.29 bits per heavy atom. The summed E-state index contributed by atoms with van der Waals surface area (Å²) in [4.78, 5) is 26.7. The van der Waals surface area contributed by atoms with Gasteiger partial charge in [0.15, 0.2) is 0 Å². The Labute approximate surface area is 123 Å². The molecule has 0 atom stereocenters. The largest absolute Gasteiger partial charge is 0.481 e. The number of imidazole rings is 1. The lowest BCUT2D eigenvalue weighted by Gasteiger charge is -2.37. The zero-order valence-corrected chi connectivity index (χ0v) is 12.0. The van der Waals surface area contributed by atoms with E-state index < -0.39 is 11.4 Å². The smallest absolute Gasteiger partial charge is 0.314 e. The van der Waals surface area contributed by atoms with Crippen LogP contribution in [0.3, 0.4) is 0 Å². The van der Waals surface area contributed by atoms with Gasteiger partial charge in [0, 0.05) is 32.0 Å². The Bertz CT molecular complexity index is 469. The Hall–Kier alpha value is -2.05. The van der Waals surface area contributed by atoms with Crippen LogP contribution in [0.4, 0.5) is 4.79 Å². The SMILES string of the molecule is O=C(NCCCCn1ccnc1)NCC1(C(=O)O)CCC1. The molecule has 1 fully saturated rings. The van der Waals surface area contributed by atoms with E-state index in [0.29, 0.717) is 19.4 Å². The number of rotatable bonds is 8. The molecule has 3 N–H and O–H groups in total. The number of nitrogens with one attached hydrogen (secondary N) is 2. The van der Waals surface area contributed by atoms with E-state index in [1.54, 1.807) is 12.5 Å². The lowest BCUT2D eigenvalue weighted by molar-refractivity contribution is -0.153. The van der Waals surface area contributed by atoms with Crippen molar-refractivity contribution in [3.63, 3.8) is 0 Å². The monoisotopic (exact) mass is 294 g/mol. The number of nitrogens with zero attached hydrogens (tertiary/aromatic N) is 2. The maximum atomic E-state index is 11.6. The van der Waals surface area contributed by atoms with Gasteiger partial charge in [-0.1, -0.05) is 6.42 Å². The van der Waals surface area contributed by atoms with E-state index in [9.17, 15) is 9.59 Å². The fourth-order valence-electron chi connectivity index (χ4n) is 2.42. The van der Waals surface area contributed by atoms with Crippen LogP contribution in [-0.4, -0.2) is 39.7 Å². The van der Waals surface area contributed by atoms with Crippen LogP contribution in [0.1, 0.15) is 32.1 Å². The van der Waals surface area contributed by atoms with Gasteiger partial charge in [-0.25, -0.2) is 9.78 Å². The molecule has 1 aliphatic rings. The Morgan fingerprint density at radius 2 is 2.10 bits per heavy atom. The second-order valence-corrected chi connectivity index (χ2v) is 5.56. The minimum Gasteiger partial charge on any atom is -0.481 e. The average Bonchev–Trinajstić information content (AvgIpc) is 2.89. The summed E-state index contributed by atoms with van der Waals surface area (Å²) in [7, 11) is 0. The van der Waals surface area contributed by atoms with E-state index in [1.165, 1.54) is 0 Å².